The first-order valence-electron chi connectivity index (χ1n) is 4.88. The van der Waals surface area contributed by atoms with Crippen molar-refractivity contribution in [3.63, 3.8) is 0 Å². The number of esters is 1. The maximum atomic E-state index is 11.7. The molecule has 0 saturated heterocycles. The smallest absolute Gasteiger partial charge is 0.338 e. The molecule has 15 heavy (non-hydrogen) atoms. The molecule has 0 aromatic heterocycles. The van der Waals surface area contributed by atoms with Crippen molar-refractivity contribution in [1.29, 1.82) is 0 Å². The fourth-order valence-electron chi connectivity index (χ4n) is 1.13. The SMILES string of the molecule is C=Cc1cccc(C(=O)OC(C)(C)C)c1. The summed E-state index contributed by atoms with van der Waals surface area (Å²) in [4.78, 5) is 11.7. The summed E-state index contributed by atoms with van der Waals surface area (Å²) in [5, 5.41) is 0. The molecule has 0 bridgehead atoms. The van der Waals surface area contributed by atoms with Gasteiger partial charge in [0.15, 0.2) is 0 Å². The van der Waals surface area contributed by atoms with Gasteiger partial charge in [0.2, 0.25) is 0 Å². The lowest BCUT2D eigenvalue weighted by molar-refractivity contribution is 0.00695. The lowest BCUT2D eigenvalue weighted by Gasteiger charge is -2.19. The van der Waals surface area contributed by atoms with Crippen molar-refractivity contribution in [3.05, 3.63) is 42.0 Å². The summed E-state index contributed by atoms with van der Waals surface area (Å²) in [6.45, 7) is 9.20. The van der Waals surface area contributed by atoms with Crippen LogP contribution in [0.15, 0.2) is 30.8 Å². The highest BCUT2D eigenvalue weighted by Gasteiger charge is 2.17. The molecule has 0 atom stereocenters. The molecule has 0 fully saturated rings. The van der Waals surface area contributed by atoms with Gasteiger partial charge in [0.1, 0.15) is 5.60 Å². The van der Waals surface area contributed by atoms with Crippen LogP contribution >= 0.6 is 0 Å². The molecular formula is C13H16O2. The number of hydrogen-bond donors (Lipinski definition) is 0. The van der Waals surface area contributed by atoms with E-state index in [1.165, 1.54) is 0 Å². The van der Waals surface area contributed by atoms with Gasteiger partial charge in [-0.3, -0.25) is 0 Å². The van der Waals surface area contributed by atoms with Crippen LogP contribution in [0.5, 0.6) is 0 Å². The summed E-state index contributed by atoms with van der Waals surface area (Å²) in [5.41, 5.74) is 1.02. The summed E-state index contributed by atoms with van der Waals surface area (Å²) in [6.07, 6.45) is 1.70. The van der Waals surface area contributed by atoms with Crippen molar-refractivity contribution in [3.8, 4) is 0 Å². The normalized spacial score (nSPS) is 10.9. The molecule has 0 spiro atoms. The van der Waals surface area contributed by atoms with E-state index < -0.39 is 5.60 Å². The monoisotopic (exact) mass is 204 g/mol. The van der Waals surface area contributed by atoms with E-state index in [0.29, 0.717) is 5.56 Å². The average molecular weight is 204 g/mol. The van der Waals surface area contributed by atoms with Crippen molar-refractivity contribution in [2.75, 3.05) is 0 Å². The Bertz CT molecular complexity index is 372. The number of carbonyl (C=O) groups is 1. The zero-order valence-corrected chi connectivity index (χ0v) is 9.41. The summed E-state index contributed by atoms with van der Waals surface area (Å²) in [7, 11) is 0. The highest BCUT2D eigenvalue weighted by molar-refractivity contribution is 5.90. The van der Waals surface area contributed by atoms with Crippen LogP contribution in [0.4, 0.5) is 0 Å². The van der Waals surface area contributed by atoms with E-state index in [9.17, 15) is 4.79 Å². The van der Waals surface area contributed by atoms with Crippen molar-refractivity contribution in [2.24, 2.45) is 0 Å². The second kappa shape index (κ2) is 4.30. The van der Waals surface area contributed by atoms with Crippen LogP contribution in [0.2, 0.25) is 0 Å². The van der Waals surface area contributed by atoms with Crippen LogP contribution in [0.25, 0.3) is 6.08 Å². The molecule has 0 heterocycles. The summed E-state index contributed by atoms with van der Waals surface area (Å²) < 4.78 is 5.25. The zero-order valence-electron chi connectivity index (χ0n) is 9.41. The summed E-state index contributed by atoms with van der Waals surface area (Å²) in [5.74, 6) is -0.300. The number of hydrogen-bond acceptors (Lipinski definition) is 2. The predicted octanol–water partition coefficient (Wildman–Crippen LogP) is 3.28. The highest BCUT2D eigenvalue weighted by atomic mass is 16.6. The minimum Gasteiger partial charge on any atom is -0.456 e. The van der Waals surface area contributed by atoms with Gasteiger partial charge in [-0.15, -0.1) is 0 Å². The van der Waals surface area contributed by atoms with Crippen molar-refractivity contribution < 1.29 is 9.53 Å². The molecule has 2 heteroatoms. The molecule has 1 rings (SSSR count). The molecular weight excluding hydrogens is 188 g/mol. The van der Waals surface area contributed by atoms with E-state index in [4.69, 9.17) is 4.74 Å². The molecule has 0 amide bonds. The van der Waals surface area contributed by atoms with Crippen LogP contribution in [0, 0.1) is 0 Å². The molecule has 1 aromatic rings. The van der Waals surface area contributed by atoms with Crippen LogP contribution in [-0.4, -0.2) is 11.6 Å². The molecule has 0 aliphatic carbocycles. The Morgan fingerprint density at radius 3 is 2.60 bits per heavy atom. The van der Waals surface area contributed by atoms with E-state index in [1.807, 2.05) is 32.9 Å². The van der Waals surface area contributed by atoms with Gasteiger partial charge in [-0.25, -0.2) is 4.79 Å². The fraction of sp³-hybridized carbons (Fsp3) is 0.308. The highest BCUT2D eigenvalue weighted by Crippen LogP contribution is 2.13. The minimum atomic E-state index is -0.457. The topological polar surface area (TPSA) is 26.3 Å². The Labute approximate surface area is 90.6 Å². The van der Waals surface area contributed by atoms with E-state index in [0.717, 1.165) is 5.56 Å². The van der Waals surface area contributed by atoms with Crippen molar-refractivity contribution in [2.45, 2.75) is 26.4 Å². The van der Waals surface area contributed by atoms with Gasteiger partial charge in [-0.2, -0.15) is 0 Å². The first-order chi connectivity index (χ1) is 6.92. The second-order valence-corrected chi connectivity index (χ2v) is 4.33. The van der Waals surface area contributed by atoms with E-state index in [1.54, 1.807) is 18.2 Å². The van der Waals surface area contributed by atoms with Crippen LogP contribution in [0.1, 0.15) is 36.7 Å². The van der Waals surface area contributed by atoms with Gasteiger partial charge in [-0.1, -0.05) is 24.8 Å². The summed E-state index contributed by atoms with van der Waals surface area (Å²) >= 11 is 0. The third-order valence-electron chi connectivity index (χ3n) is 1.76. The lowest BCUT2D eigenvalue weighted by atomic mass is 10.1. The average Bonchev–Trinajstić information content (AvgIpc) is 2.15. The van der Waals surface area contributed by atoms with Gasteiger partial charge < -0.3 is 4.74 Å². The maximum absolute atomic E-state index is 11.7. The molecule has 0 N–H and O–H groups in total. The Hall–Kier alpha value is -1.57. The quantitative estimate of drug-likeness (QED) is 0.691. The lowest BCUT2D eigenvalue weighted by Crippen LogP contribution is -2.23. The van der Waals surface area contributed by atoms with E-state index in [2.05, 4.69) is 6.58 Å². The molecule has 0 aliphatic heterocycles. The van der Waals surface area contributed by atoms with Crippen molar-refractivity contribution >= 4 is 12.0 Å². The minimum absolute atomic E-state index is 0.300. The Kier molecular flexibility index (Phi) is 3.30. The molecule has 80 valence electrons. The van der Waals surface area contributed by atoms with Gasteiger partial charge >= 0.3 is 5.97 Å². The van der Waals surface area contributed by atoms with Crippen LogP contribution < -0.4 is 0 Å². The van der Waals surface area contributed by atoms with Gasteiger partial charge in [0.25, 0.3) is 0 Å². The number of carbonyl (C=O) groups excluding carboxylic acids is 1. The first-order valence-corrected chi connectivity index (χ1v) is 4.88. The zero-order chi connectivity index (χ0) is 11.5. The fourth-order valence-corrected chi connectivity index (χ4v) is 1.13. The molecule has 0 aliphatic rings. The standard InChI is InChI=1S/C13H16O2/c1-5-10-7-6-8-11(9-10)12(14)15-13(2,3)4/h5-9H,1H2,2-4H3. The Morgan fingerprint density at radius 1 is 1.40 bits per heavy atom. The third-order valence-corrected chi connectivity index (χ3v) is 1.76. The largest absolute Gasteiger partial charge is 0.456 e. The Balaban J connectivity index is 2.87. The first kappa shape index (κ1) is 11.5. The predicted molar refractivity (Wildman–Crippen MR) is 61.7 cm³/mol. The van der Waals surface area contributed by atoms with Crippen LogP contribution in [0.3, 0.4) is 0 Å². The molecule has 2 nitrogen and oxygen atoms in total. The van der Waals surface area contributed by atoms with Gasteiger partial charge in [0.05, 0.1) is 5.56 Å². The van der Waals surface area contributed by atoms with Gasteiger partial charge in [-0.05, 0) is 38.5 Å². The van der Waals surface area contributed by atoms with Crippen LogP contribution in [-0.2, 0) is 4.74 Å². The summed E-state index contributed by atoms with van der Waals surface area (Å²) in [6, 6.07) is 7.21. The van der Waals surface area contributed by atoms with E-state index in [-0.39, 0.29) is 5.97 Å². The molecule has 0 unspecified atom stereocenters. The third kappa shape index (κ3) is 3.58. The maximum Gasteiger partial charge on any atom is 0.338 e. The molecule has 1 aromatic carbocycles. The van der Waals surface area contributed by atoms with Crippen molar-refractivity contribution in [1.82, 2.24) is 0 Å². The molecule has 0 saturated carbocycles. The molecule has 0 radical (unpaired) electrons. The Morgan fingerprint density at radius 2 is 2.07 bits per heavy atom. The number of rotatable bonds is 2. The van der Waals surface area contributed by atoms with Gasteiger partial charge in [0, 0.05) is 0 Å². The second-order valence-electron chi connectivity index (χ2n) is 4.33. The number of ether oxygens (including phenoxy) is 1. The number of benzene rings is 1. The van der Waals surface area contributed by atoms with E-state index >= 15 is 0 Å².